The van der Waals surface area contributed by atoms with E-state index in [-0.39, 0.29) is 33.5 Å². The third-order valence-corrected chi connectivity index (χ3v) is 4.54. The first-order chi connectivity index (χ1) is 7.83. The fourth-order valence-corrected chi connectivity index (χ4v) is 3.36. The molecule has 0 aliphatic carbocycles. The highest BCUT2D eigenvalue weighted by molar-refractivity contribution is 7.91. The number of carbonyl (C=O) groups is 1. The van der Waals surface area contributed by atoms with Crippen molar-refractivity contribution in [3.05, 3.63) is 28.2 Å². The number of benzene rings is 1. The molecule has 1 aromatic carbocycles. The zero-order valence-corrected chi connectivity index (χ0v) is 11.0. The lowest BCUT2D eigenvalue weighted by molar-refractivity contribution is -0.137. The fraction of sp³-hybridized carbons (Fsp3) is 0.300. The molecule has 4 nitrogen and oxygen atoms in total. The van der Waals surface area contributed by atoms with Gasteiger partial charge in [-0.25, -0.2) is 8.42 Å². The molecule has 0 bridgehead atoms. The van der Waals surface area contributed by atoms with Gasteiger partial charge in [-0.05, 0) is 24.6 Å². The minimum absolute atomic E-state index is 0.0422. The highest BCUT2D eigenvalue weighted by Crippen LogP contribution is 2.26. The fourth-order valence-electron chi connectivity index (χ4n) is 1.24. The minimum atomic E-state index is -3.59. The Bertz CT molecular complexity index is 525. The van der Waals surface area contributed by atoms with Gasteiger partial charge in [0, 0.05) is 11.4 Å². The molecule has 0 aliphatic heterocycles. The first-order valence-corrected chi connectivity index (χ1v) is 7.13. The summed E-state index contributed by atoms with van der Waals surface area (Å²) in [7, 11) is -3.59. The monoisotopic (exact) mass is 296 g/mol. The lowest BCUT2D eigenvalue weighted by Gasteiger charge is -2.06. The number of halogens is 2. The van der Waals surface area contributed by atoms with Gasteiger partial charge in [0.25, 0.3) is 0 Å². The third kappa shape index (κ3) is 4.18. The van der Waals surface area contributed by atoms with Crippen LogP contribution in [0.25, 0.3) is 0 Å². The van der Waals surface area contributed by atoms with Crippen LogP contribution >= 0.6 is 23.2 Å². The smallest absolute Gasteiger partial charge is 0.303 e. The Morgan fingerprint density at radius 3 is 2.53 bits per heavy atom. The standard InChI is InChI=1S/C10H10Cl2O4S/c11-7-3-4-8(12)9(6-7)17(15,16)5-1-2-10(13)14/h3-4,6H,1-2,5H2,(H,13,14). The largest absolute Gasteiger partial charge is 0.481 e. The van der Waals surface area contributed by atoms with E-state index in [0.29, 0.717) is 0 Å². The van der Waals surface area contributed by atoms with Gasteiger partial charge in [0.05, 0.1) is 15.7 Å². The van der Waals surface area contributed by atoms with Crippen molar-refractivity contribution in [3.8, 4) is 0 Å². The van der Waals surface area contributed by atoms with Gasteiger partial charge < -0.3 is 5.11 Å². The van der Waals surface area contributed by atoms with Crippen molar-refractivity contribution in [2.75, 3.05) is 5.75 Å². The normalized spacial score (nSPS) is 11.4. The Labute approximate surface area is 109 Å². The Hall–Kier alpha value is -0.780. The molecule has 0 saturated carbocycles. The summed E-state index contributed by atoms with van der Waals surface area (Å²) >= 11 is 11.5. The third-order valence-electron chi connectivity index (χ3n) is 2.03. The number of carboxylic acid groups (broad SMARTS) is 1. The lowest BCUT2D eigenvalue weighted by Crippen LogP contribution is -2.09. The number of hydrogen-bond acceptors (Lipinski definition) is 3. The number of carboxylic acids is 1. The average molecular weight is 297 g/mol. The molecule has 1 rings (SSSR count). The summed E-state index contributed by atoms with van der Waals surface area (Å²) in [6.45, 7) is 0. The highest BCUT2D eigenvalue weighted by atomic mass is 35.5. The molecule has 17 heavy (non-hydrogen) atoms. The maximum Gasteiger partial charge on any atom is 0.303 e. The molecule has 0 amide bonds. The average Bonchev–Trinajstić information content (AvgIpc) is 2.20. The van der Waals surface area contributed by atoms with Crippen LogP contribution in [-0.4, -0.2) is 25.2 Å². The van der Waals surface area contributed by atoms with E-state index < -0.39 is 15.8 Å². The topological polar surface area (TPSA) is 71.4 Å². The molecule has 1 aromatic rings. The summed E-state index contributed by atoms with van der Waals surface area (Å²) in [6, 6.07) is 4.15. The van der Waals surface area contributed by atoms with Crippen molar-refractivity contribution in [1.82, 2.24) is 0 Å². The number of rotatable bonds is 5. The Morgan fingerprint density at radius 1 is 1.29 bits per heavy atom. The second-order valence-corrected chi connectivity index (χ2v) is 6.31. The van der Waals surface area contributed by atoms with E-state index in [1.165, 1.54) is 18.2 Å². The van der Waals surface area contributed by atoms with Gasteiger partial charge >= 0.3 is 5.97 Å². The van der Waals surface area contributed by atoms with Gasteiger partial charge in [0.1, 0.15) is 0 Å². The van der Waals surface area contributed by atoms with Gasteiger partial charge in [-0.15, -0.1) is 0 Å². The quantitative estimate of drug-likeness (QED) is 0.907. The predicted molar refractivity (Wildman–Crippen MR) is 65.4 cm³/mol. The molecule has 0 fully saturated rings. The molecule has 7 heteroatoms. The highest BCUT2D eigenvalue weighted by Gasteiger charge is 2.18. The van der Waals surface area contributed by atoms with E-state index >= 15 is 0 Å². The maximum atomic E-state index is 11.9. The van der Waals surface area contributed by atoms with Crippen LogP contribution in [0, 0.1) is 0 Å². The van der Waals surface area contributed by atoms with Crippen LogP contribution in [0.1, 0.15) is 12.8 Å². The van der Waals surface area contributed by atoms with Gasteiger partial charge in [-0.1, -0.05) is 23.2 Å². The van der Waals surface area contributed by atoms with E-state index in [4.69, 9.17) is 28.3 Å². The maximum absolute atomic E-state index is 11.9. The van der Waals surface area contributed by atoms with Crippen molar-refractivity contribution < 1.29 is 18.3 Å². The van der Waals surface area contributed by atoms with Crippen LogP contribution in [0.4, 0.5) is 0 Å². The first-order valence-electron chi connectivity index (χ1n) is 4.72. The number of aliphatic carboxylic acids is 1. The summed E-state index contributed by atoms with van der Waals surface area (Å²) in [6.07, 6.45) is -0.155. The second-order valence-electron chi connectivity index (χ2n) is 3.39. The Balaban J connectivity index is 2.89. The molecule has 0 radical (unpaired) electrons. The summed E-state index contributed by atoms with van der Waals surface area (Å²) in [4.78, 5) is 10.2. The molecule has 0 spiro atoms. The number of hydrogen-bond donors (Lipinski definition) is 1. The summed E-state index contributed by atoms with van der Waals surface area (Å²) in [5.41, 5.74) is 0. The molecule has 94 valence electrons. The number of sulfone groups is 1. The van der Waals surface area contributed by atoms with Gasteiger partial charge in [0.2, 0.25) is 0 Å². The lowest BCUT2D eigenvalue weighted by atomic mass is 10.3. The van der Waals surface area contributed by atoms with Crippen molar-refractivity contribution in [2.45, 2.75) is 17.7 Å². The van der Waals surface area contributed by atoms with Crippen LogP contribution < -0.4 is 0 Å². The summed E-state index contributed by atoms with van der Waals surface area (Å²) in [5.74, 6) is -1.29. The SMILES string of the molecule is O=C(O)CCCS(=O)(=O)c1cc(Cl)ccc1Cl. The van der Waals surface area contributed by atoms with Crippen LogP contribution in [0.5, 0.6) is 0 Å². The summed E-state index contributed by atoms with van der Waals surface area (Å²) in [5, 5.41) is 8.79. The van der Waals surface area contributed by atoms with Crippen molar-refractivity contribution in [3.63, 3.8) is 0 Å². The zero-order valence-electron chi connectivity index (χ0n) is 8.69. The van der Waals surface area contributed by atoms with Crippen LogP contribution in [0.15, 0.2) is 23.1 Å². The van der Waals surface area contributed by atoms with Crippen molar-refractivity contribution >= 4 is 39.0 Å². The van der Waals surface area contributed by atoms with Crippen LogP contribution in [0.2, 0.25) is 10.0 Å². The molecule has 0 unspecified atom stereocenters. The zero-order chi connectivity index (χ0) is 13.1. The minimum Gasteiger partial charge on any atom is -0.481 e. The van der Waals surface area contributed by atoms with Gasteiger partial charge in [-0.2, -0.15) is 0 Å². The van der Waals surface area contributed by atoms with Gasteiger partial charge in [0.15, 0.2) is 9.84 Å². The molecule has 1 N–H and O–H groups in total. The summed E-state index contributed by atoms with van der Waals surface area (Å²) < 4.78 is 23.7. The van der Waals surface area contributed by atoms with Crippen molar-refractivity contribution in [1.29, 1.82) is 0 Å². The van der Waals surface area contributed by atoms with Crippen LogP contribution in [-0.2, 0) is 14.6 Å². The van der Waals surface area contributed by atoms with Gasteiger partial charge in [-0.3, -0.25) is 4.79 Å². The van der Waals surface area contributed by atoms with Crippen molar-refractivity contribution in [2.24, 2.45) is 0 Å². The molecule has 0 aromatic heterocycles. The second kappa shape index (κ2) is 5.71. The van der Waals surface area contributed by atoms with E-state index in [9.17, 15) is 13.2 Å². The van der Waals surface area contributed by atoms with E-state index in [0.717, 1.165) is 0 Å². The Morgan fingerprint density at radius 2 is 1.94 bits per heavy atom. The first kappa shape index (κ1) is 14.3. The van der Waals surface area contributed by atoms with E-state index in [2.05, 4.69) is 0 Å². The molecule has 0 atom stereocenters. The molecule has 0 heterocycles. The molecular formula is C10H10Cl2O4S. The van der Waals surface area contributed by atoms with Crippen LogP contribution in [0.3, 0.4) is 0 Å². The predicted octanol–water partition coefficient (Wildman–Crippen LogP) is 2.63. The van der Waals surface area contributed by atoms with E-state index in [1.54, 1.807) is 0 Å². The molecular weight excluding hydrogens is 287 g/mol. The molecule has 0 aliphatic rings. The molecule has 0 saturated heterocycles. The Kier molecular flexibility index (Phi) is 4.80. The van der Waals surface area contributed by atoms with E-state index in [1.807, 2.05) is 0 Å².